The van der Waals surface area contributed by atoms with E-state index in [9.17, 15) is 4.79 Å². The third-order valence-electron chi connectivity index (χ3n) is 7.12. The van der Waals surface area contributed by atoms with Crippen molar-refractivity contribution in [2.45, 2.75) is 38.8 Å². The van der Waals surface area contributed by atoms with Crippen molar-refractivity contribution in [2.24, 2.45) is 10.9 Å². The number of nitrogens with zero attached hydrogens (tertiary/aromatic N) is 3. The minimum absolute atomic E-state index is 0.00785. The van der Waals surface area contributed by atoms with Gasteiger partial charge in [0.2, 0.25) is 0 Å². The van der Waals surface area contributed by atoms with Gasteiger partial charge in [-0.1, -0.05) is 61.3 Å². The summed E-state index contributed by atoms with van der Waals surface area (Å²) in [4.78, 5) is 20.4. The molecule has 2 aliphatic rings. The molecule has 0 N–H and O–H groups in total. The van der Waals surface area contributed by atoms with Crippen LogP contribution in [-0.2, 0) is 11.2 Å². The number of carbonyl (C=O) groups excluding carboxylic acids is 1. The number of hydrogen-bond donors (Lipinski definition) is 0. The van der Waals surface area contributed by atoms with Crippen molar-refractivity contribution in [2.75, 3.05) is 27.3 Å². The van der Waals surface area contributed by atoms with Crippen LogP contribution in [-0.4, -0.2) is 56.5 Å². The van der Waals surface area contributed by atoms with E-state index in [4.69, 9.17) is 37.7 Å². The van der Waals surface area contributed by atoms with E-state index in [1.54, 1.807) is 14.2 Å². The summed E-state index contributed by atoms with van der Waals surface area (Å²) in [5, 5.41) is 1.11. The van der Waals surface area contributed by atoms with Crippen LogP contribution < -0.4 is 14.0 Å². The Balaban J connectivity index is 1.78. The van der Waals surface area contributed by atoms with E-state index in [1.165, 1.54) is 0 Å². The molecule has 0 saturated carbocycles. The quantitative estimate of drug-likeness (QED) is 0.247. The Bertz CT molecular complexity index is 1230. The Labute approximate surface area is 229 Å². The molecule has 37 heavy (non-hydrogen) atoms. The van der Waals surface area contributed by atoms with Crippen molar-refractivity contribution in [1.29, 1.82) is 0 Å². The highest BCUT2D eigenvalue weighted by Crippen LogP contribution is 2.44. The minimum Gasteiger partial charge on any atom is -0.493 e. The van der Waals surface area contributed by atoms with Crippen molar-refractivity contribution < 1.29 is 14.3 Å². The molecule has 0 aromatic heterocycles. The summed E-state index contributed by atoms with van der Waals surface area (Å²) >= 11 is 13.5. The maximum absolute atomic E-state index is 13.1. The number of ether oxygens (including phenoxy) is 2. The fraction of sp³-hybridized carbons (Fsp3) is 0.379. The highest BCUT2D eigenvalue weighted by Gasteiger charge is 2.44. The highest BCUT2D eigenvalue weighted by molar-refractivity contribution is 6.35. The van der Waals surface area contributed by atoms with Gasteiger partial charge >= 0.3 is 6.41 Å². The van der Waals surface area contributed by atoms with Gasteiger partial charge in [0, 0.05) is 17.3 Å². The average Bonchev–Trinajstić information content (AvgIpc) is 3.24. The number of rotatable bonds is 11. The Morgan fingerprint density at radius 2 is 1.89 bits per heavy atom. The van der Waals surface area contributed by atoms with E-state index in [-0.39, 0.29) is 16.6 Å². The van der Waals surface area contributed by atoms with Crippen molar-refractivity contribution >= 4 is 41.1 Å². The predicted octanol–water partition coefficient (Wildman–Crippen LogP) is 6.30. The van der Waals surface area contributed by atoms with Crippen LogP contribution >= 0.6 is 23.2 Å². The van der Waals surface area contributed by atoms with Crippen LogP contribution in [0.4, 0.5) is 5.69 Å². The fourth-order valence-corrected chi connectivity index (χ4v) is 5.69. The van der Waals surface area contributed by atoms with Gasteiger partial charge in [-0.15, -0.1) is 0 Å². The van der Waals surface area contributed by atoms with Gasteiger partial charge in [0.1, 0.15) is 23.4 Å². The van der Waals surface area contributed by atoms with Crippen molar-refractivity contribution in [3.63, 3.8) is 0 Å². The number of methoxy groups -OCH3 is 2. The van der Waals surface area contributed by atoms with Crippen LogP contribution in [0.25, 0.3) is 0 Å². The molecular weight excluding hydrogens is 509 g/mol. The van der Waals surface area contributed by atoms with E-state index >= 15 is 0 Å². The topological polar surface area (TPSA) is 51.1 Å². The number of fused-ring (bicyclic) bond motifs is 1. The van der Waals surface area contributed by atoms with E-state index in [0.29, 0.717) is 47.6 Å². The maximum atomic E-state index is 13.1. The first kappa shape index (κ1) is 27.2. The first-order valence-corrected chi connectivity index (χ1v) is 13.3. The second-order valence-corrected chi connectivity index (χ2v) is 10.7. The molecule has 0 saturated heterocycles. The Hall–Kier alpha value is -2.80. The van der Waals surface area contributed by atoms with Crippen LogP contribution in [0.2, 0.25) is 10.0 Å². The lowest BCUT2D eigenvalue weighted by Gasteiger charge is -2.37. The molecule has 1 amide bonds. The van der Waals surface area contributed by atoms with Gasteiger partial charge in [-0.3, -0.25) is 4.99 Å². The number of halogens is 2. The number of hydrogen-bond acceptors (Lipinski definition) is 5. The Morgan fingerprint density at radius 3 is 2.57 bits per heavy atom. The summed E-state index contributed by atoms with van der Waals surface area (Å²) in [5.74, 6) is 2.23. The van der Waals surface area contributed by atoms with E-state index in [2.05, 4.69) is 18.7 Å². The third kappa shape index (κ3) is 5.57. The molecule has 2 aromatic carbocycles. The van der Waals surface area contributed by atoms with Crippen molar-refractivity contribution in [3.8, 4) is 11.5 Å². The van der Waals surface area contributed by atoms with Gasteiger partial charge < -0.3 is 14.4 Å². The normalized spacial score (nSPS) is 20.0. The number of benzene rings is 2. The number of aliphatic imine (C=N–C) groups is 1. The molecule has 2 aliphatic heterocycles. The molecular formula is C29H34Cl2N3O3+. The molecule has 196 valence electrons. The Morgan fingerprint density at radius 1 is 1.11 bits per heavy atom. The first-order chi connectivity index (χ1) is 17.8. The molecule has 0 aliphatic carbocycles. The summed E-state index contributed by atoms with van der Waals surface area (Å²) in [6.45, 7) is 5.34. The molecule has 0 fully saturated rings. The molecule has 3 atom stereocenters. The molecule has 0 radical (unpaired) electrons. The van der Waals surface area contributed by atoms with E-state index in [1.807, 2.05) is 60.8 Å². The summed E-state index contributed by atoms with van der Waals surface area (Å²) in [5.41, 5.74) is 1.73. The third-order valence-corrected chi connectivity index (χ3v) is 7.85. The molecule has 6 nitrogen and oxygen atoms in total. The van der Waals surface area contributed by atoms with Crippen molar-refractivity contribution in [1.82, 2.24) is 9.38 Å². The monoisotopic (exact) mass is 542 g/mol. The van der Waals surface area contributed by atoms with Crippen LogP contribution in [0.3, 0.4) is 0 Å². The van der Waals surface area contributed by atoms with Gasteiger partial charge in [-0.05, 0) is 48.6 Å². The number of amidine groups is 1. The fourth-order valence-electron chi connectivity index (χ4n) is 5.07. The lowest BCUT2D eigenvalue weighted by molar-refractivity contribution is -0.118. The zero-order chi connectivity index (χ0) is 26.6. The average molecular weight is 544 g/mol. The Kier molecular flexibility index (Phi) is 8.63. The van der Waals surface area contributed by atoms with Crippen molar-refractivity contribution in [3.05, 3.63) is 76.4 Å². The highest BCUT2D eigenvalue weighted by atomic mass is 35.5. The molecule has 2 aromatic rings. The molecule has 2 heterocycles. The number of carbonyl (C=O) groups is 1. The number of allylic oxidation sites excluding steroid dienone is 2. The molecule has 3 unspecified atom stereocenters. The van der Waals surface area contributed by atoms with Gasteiger partial charge in [0.05, 0.1) is 26.8 Å². The largest absolute Gasteiger partial charge is 0.493 e. The van der Waals surface area contributed by atoms with Gasteiger partial charge in [-0.2, -0.15) is 0 Å². The molecule has 0 bridgehead atoms. The first-order valence-electron chi connectivity index (χ1n) is 12.5. The van der Waals surface area contributed by atoms with Gasteiger partial charge in [-0.25, -0.2) is 9.28 Å². The second kappa shape index (κ2) is 11.7. The SMILES string of the molecule is COc1ccc([N+](C=O)(CCC(C)C)CC2N=C3C=CC=CN3C2Cc2ccccc2Cl)c(Cl)c1OC. The standard InChI is InChI=1S/C29H34Cl2N3O3/c1-20(2)14-16-34(19-35,25-12-13-26(36-3)29(37-4)28(25)31)18-23-24(17-21-9-5-6-10-22(21)30)33-15-8-7-11-27(33)32-23/h5-13,15,19-20,23-24H,14,16-18H2,1-4H3/q+1. The summed E-state index contributed by atoms with van der Waals surface area (Å²) in [7, 11) is 3.12. The zero-order valence-electron chi connectivity index (χ0n) is 21.7. The lowest BCUT2D eigenvalue weighted by atomic mass is 9.97. The summed E-state index contributed by atoms with van der Waals surface area (Å²) in [6.07, 6.45) is 10.6. The predicted molar refractivity (Wildman–Crippen MR) is 152 cm³/mol. The smallest absolute Gasteiger partial charge is 0.306 e. The second-order valence-electron chi connectivity index (χ2n) is 9.89. The molecule has 0 spiro atoms. The zero-order valence-corrected chi connectivity index (χ0v) is 23.2. The van der Waals surface area contributed by atoms with Crippen LogP contribution in [0.5, 0.6) is 11.5 Å². The van der Waals surface area contributed by atoms with Crippen LogP contribution in [0.1, 0.15) is 25.8 Å². The lowest BCUT2D eigenvalue weighted by Crippen LogP contribution is -2.56. The number of quaternary nitrogens is 1. The van der Waals surface area contributed by atoms with Crippen LogP contribution in [0.15, 0.2) is 65.8 Å². The summed E-state index contributed by atoms with van der Waals surface area (Å²) in [6, 6.07) is 11.4. The van der Waals surface area contributed by atoms with Crippen LogP contribution in [0, 0.1) is 5.92 Å². The molecule has 4 rings (SSSR count). The maximum Gasteiger partial charge on any atom is 0.306 e. The van der Waals surface area contributed by atoms with E-state index in [0.717, 1.165) is 29.3 Å². The van der Waals surface area contributed by atoms with E-state index < -0.39 is 0 Å². The van der Waals surface area contributed by atoms with Gasteiger partial charge in [0.15, 0.2) is 17.2 Å². The number of amides is 1. The molecule has 8 heteroatoms. The minimum atomic E-state index is -0.180. The van der Waals surface area contributed by atoms with Gasteiger partial charge in [0.25, 0.3) is 0 Å². The summed E-state index contributed by atoms with van der Waals surface area (Å²) < 4.78 is 11.1.